The second kappa shape index (κ2) is 7.50. The van der Waals surface area contributed by atoms with E-state index >= 15 is 0 Å². The molecule has 1 aliphatic rings. The molecule has 2 atom stereocenters. The number of nitrogen functional groups attached to an aromatic ring is 1. The van der Waals surface area contributed by atoms with Gasteiger partial charge in [0, 0.05) is 12.1 Å². The molecule has 0 saturated carbocycles. The van der Waals surface area contributed by atoms with Crippen LogP contribution in [-0.4, -0.2) is 36.1 Å². The Morgan fingerprint density at radius 3 is 2.50 bits per heavy atom. The lowest BCUT2D eigenvalue weighted by Crippen LogP contribution is -2.52. The van der Waals surface area contributed by atoms with Crippen molar-refractivity contribution in [1.82, 2.24) is 4.90 Å². The molecule has 0 spiro atoms. The van der Waals surface area contributed by atoms with Crippen molar-refractivity contribution in [2.45, 2.75) is 38.8 Å². The fraction of sp³-hybridized carbons (Fsp3) is 0.533. The average molecular weight is 299 g/mol. The average Bonchev–Trinajstić information content (AvgIpc) is 2.37. The van der Waals surface area contributed by atoms with Crippen molar-refractivity contribution in [2.75, 3.05) is 18.9 Å². The molecule has 1 heterocycles. The SMILES string of the molecule is CC1COCC(C)N1C(=O)CCc1ccccc1N.Cl. The Bertz CT molecular complexity index is 443. The number of carbonyl (C=O) groups excluding carboxylic acids is 1. The van der Waals surface area contributed by atoms with Crippen LogP contribution in [0, 0.1) is 0 Å². The van der Waals surface area contributed by atoms with E-state index in [0.717, 1.165) is 11.3 Å². The molecule has 4 nitrogen and oxygen atoms in total. The Balaban J connectivity index is 0.00000200. The number of benzene rings is 1. The summed E-state index contributed by atoms with van der Waals surface area (Å²) in [5, 5.41) is 0. The molecule has 5 heteroatoms. The van der Waals surface area contributed by atoms with Gasteiger partial charge in [0.2, 0.25) is 5.91 Å². The lowest BCUT2D eigenvalue weighted by Gasteiger charge is -2.39. The van der Waals surface area contributed by atoms with Gasteiger partial charge in [0.1, 0.15) is 0 Å². The second-order valence-electron chi connectivity index (χ2n) is 5.24. The number of morpholine rings is 1. The Morgan fingerprint density at radius 2 is 1.90 bits per heavy atom. The molecule has 2 rings (SSSR count). The Morgan fingerprint density at radius 1 is 1.30 bits per heavy atom. The minimum Gasteiger partial charge on any atom is -0.399 e. The lowest BCUT2D eigenvalue weighted by atomic mass is 10.1. The Hall–Kier alpha value is -1.26. The molecule has 0 radical (unpaired) electrons. The highest BCUT2D eigenvalue weighted by Gasteiger charge is 2.29. The monoisotopic (exact) mass is 298 g/mol. The predicted octanol–water partition coefficient (Wildman–Crippen LogP) is 2.26. The van der Waals surface area contributed by atoms with Gasteiger partial charge >= 0.3 is 0 Å². The summed E-state index contributed by atoms with van der Waals surface area (Å²) in [6.07, 6.45) is 1.20. The molecular weight excluding hydrogens is 276 g/mol. The van der Waals surface area contributed by atoms with Gasteiger partial charge in [-0.05, 0) is 31.9 Å². The van der Waals surface area contributed by atoms with E-state index < -0.39 is 0 Å². The number of ether oxygens (including phenoxy) is 1. The number of carbonyl (C=O) groups is 1. The van der Waals surface area contributed by atoms with Gasteiger partial charge in [-0.2, -0.15) is 0 Å². The molecule has 0 aliphatic carbocycles. The third kappa shape index (κ3) is 3.87. The molecule has 0 bridgehead atoms. The van der Waals surface area contributed by atoms with Crippen LogP contribution < -0.4 is 5.73 Å². The summed E-state index contributed by atoms with van der Waals surface area (Å²) in [6, 6.07) is 8.03. The molecule has 0 aromatic heterocycles. The third-order valence-corrected chi connectivity index (χ3v) is 3.62. The van der Waals surface area contributed by atoms with Crippen LogP contribution in [0.5, 0.6) is 0 Å². The first kappa shape index (κ1) is 16.8. The summed E-state index contributed by atoms with van der Waals surface area (Å²) in [6.45, 7) is 5.32. The molecule has 1 amide bonds. The maximum Gasteiger partial charge on any atom is 0.223 e. The van der Waals surface area contributed by atoms with Crippen molar-refractivity contribution in [2.24, 2.45) is 0 Å². The molecule has 20 heavy (non-hydrogen) atoms. The van der Waals surface area contributed by atoms with Gasteiger partial charge in [0.15, 0.2) is 0 Å². The van der Waals surface area contributed by atoms with Gasteiger partial charge in [-0.1, -0.05) is 18.2 Å². The minimum atomic E-state index is 0. The number of hydrogen-bond acceptors (Lipinski definition) is 3. The molecule has 1 aromatic rings. The molecule has 1 aliphatic heterocycles. The number of anilines is 1. The number of hydrogen-bond donors (Lipinski definition) is 1. The third-order valence-electron chi connectivity index (χ3n) is 3.62. The smallest absolute Gasteiger partial charge is 0.223 e. The van der Waals surface area contributed by atoms with E-state index in [1.807, 2.05) is 43.0 Å². The summed E-state index contributed by atoms with van der Waals surface area (Å²) < 4.78 is 5.44. The summed E-state index contributed by atoms with van der Waals surface area (Å²) in [7, 11) is 0. The molecule has 1 fully saturated rings. The summed E-state index contributed by atoms with van der Waals surface area (Å²) >= 11 is 0. The number of amides is 1. The van der Waals surface area contributed by atoms with Crippen molar-refractivity contribution in [1.29, 1.82) is 0 Å². The standard InChI is InChI=1S/C15H22N2O2.ClH/c1-11-9-19-10-12(2)17(11)15(18)8-7-13-5-3-4-6-14(13)16;/h3-6,11-12H,7-10,16H2,1-2H3;1H. The van der Waals surface area contributed by atoms with Crippen LogP contribution in [0.25, 0.3) is 0 Å². The van der Waals surface area contributed by atoms with Crippen molar-refractivity contribution >= 4 is 24.0 Å². The molecule has 1 aromatic carbocycles. The topological polar surface area (TPSA) is 55.6 Å². The van der Waals surface area contributed by atoms with Crippen LogP contribution in [0.1, 0.15) is 25.8 Å². The number of aryl methyl sites for hydroxylation is 1. The number of rotatable bonds is 3. The maximum atomic E-state index is 12.3. The first-order chi connectivity index (χ1) is 9.09. The second-order valence-corrected chi connectivity index (χ2v) is 5.24. The van der Waals surface area contributed by atoms with E-state index in [2.05, 4.69) is 0 Å². The normalized spacial score (nSPS) is 22.2. The molecular formula is C15H23ClN2O2. The van der Waals surface area contributed by atoms with Gasteiger partial charge in [-0.25, -0.2) is 0 Å². The Labute approximate surface area is 126 Å². The fourth-order valence-corrected chi connectivity index (χ4v) is 2.63. The zero-order chi connectivity index (χ0) is 13.8. The van der Waals surface area contributed by atoms with Gasteiger partial charge in [-0.3, -0.25) is 4.79 Å². The molecule has 2 unspecified atom stereocenters. The Kier molecular flexibility index (Phi) is 6.30. The minimum absolute atomic E-state index is 0. The molecule has 112 valence electrons. The zero-order valence-corrected chi connectivity index (χ0v) is 12.9. The largest absolute Gasteiger partial charge is 0.399 e. The number of para-hydroxylation sites is 1. The first-order valence-corrected chi connectivity index (χ1v) is 6.82. The van der Waals surface area contributed by atoms with Crippen LogP contribution in [0.15, 0.2) is 24.3 Å². The number of nitrogens with zero attached hydrogens (tertiary/aromatic N) is 1. The highest BCUT2D eigenvalue weighted by molar-refractivity contribution is 5.85. The van der Waals surface area contributed by atoms with E-state index in [0.29, 0.717) is 26.1 Å². The van der Waals surface area contributed by atoms with Crippen molar-refractivity contribution in [3.63, 3.8) is 0 Å². The molecule has 1 saturated heterocycles. The van der Waals surface area contributed by atoms with E-state index in [-0.39, 0.29) is 30.4 Å². The quantitative estimate of drug-likeness (QED) is 0.871. The van der Waals surface area contributed by atoms with Crippen LogP contribution in [0.4, 0.5) is 5.69 Å². The van der Waals surface area contributed by atoms with Crippen molar-refractivity contribution < 1.29 is 9.53 Å². The number of halogens is 1. The van der Waals surface area contributed by atoms with E-state index in [1.165, 1.54) is 0 Å². The highest BCUT2D eigenvalue weighted by atomic mass is 35.5. The van der Waals surface area contributed by atoms with E-state index in [1.54, 1.807) is 0 Å². The van der Waals surface area contributed by atoms with Gasteiger partial charge in [-0.15, -0.1) is 12.4 Å². The molecule has 2 N–H and O–H groups in total. The number of nitrogens with two attached hydrogens (primary N) is 1. The van der Waals surface area contributed by atoms with Crippen molar-refractivity contribution in [3.8, 4) is 0 Å². The van der Waals surface area contributed by atoms with Gasteiger partial charge < -0.3 is 15.4 Å². The summed E-state index contributed by atoms with van der Waals surface area (Å²) in [4.78, 5) is 14.3. The van der Waals surface area contributed by atoms with Gasteiger partial charge in [0.25, 0.3) is 0 Å². The van der Waals surface area contributed by atoms with Crippen molar-refractivity contribution in [3.05, 3.63) is 29.8 Å². The van der Waals surface area contributed by atoms with Crippen LogP contribution in [-0.2, 0) is 16.0 Å². The van der Waals surface area contributed by atoms with E-state index in [9.17, 15) is 4.79 Å². The van der Waals surface area contributed by atoms with Crippen LogP contribution >= 0.6 is 12.4 Å². The summed E-state index contributed by atoms with van der Waals surface area (Å²) in [5.41, 5.74) is 7.70. The van der Waals surface area contributed by atoms with Gasteiger partial charge in [0.05, 0.1) is 25.3 Å². The summed E-state index contributed by atoms with van der Waals surface area (Å²) in [5.74, 6) is 0.187. The fourth-order valence-electron chi connectivity index (χ4n) is 2.63. The van der Waals surface area contributed by atoms with Crippen LogP contribution in [0.2, 0.25) is 0 Å². The first-order valence-electron chi connectivity index (χ1n) is 6.82. The maximum absolute atomic E-state index is 12.3. The zero-order valence-electron chi connectivity index (χ0n) is 12.0. The predicted molar refractivity (Wildman–Crippen MR) is 83.0 cm³/mol. The van der Waals surface area contributed by atoms with E-state index in [4.69, 9.17) is 10.5 Å². The van der Waals surface area contributed by atoms with Crippen LogP contribution in [0.3, 0.4) is 0 Å². The lowest BCUT2D eigenvalue weighted by molar-refractivity contribution is -0.144. The highest BCUT2D eigenvalue weighted by Crippen LogP contribution is 2.17.